The van der Waals surface area contributed by atoms with Gasteiger partial charge in [-0.15, -0.1) is 16.4 Å². The van der Waals surface area contributed by atoms with Crippen LogP contribution in [0.3, 0.4) is 0 Å². The number of rotatable bonds is 4. The van der Waals surface area contributed by atoms with Crippen molar-refractivity contribution in [2.75, 3.05) is 0 Å². The van der Waals surface area contributed by atoms with Crippen LogP contribution in [-0.4, -0.2) is 21.5 Å². The van der Waals surface area contributed by atoms with Crippen LogP contribution < -0.4 is 4.80 Å². The summed E-state index contributed by atoms with van der Waals surface area (Å²) >= 11 is 7.83. The Morgan fingerprint density at radius 3 is 2.55 bits per heavy atom. The minimum Gasteiger partial charge on any atom is -0.393 e. The van der Waals surface area contributed by atoms with E-state index in [-0.39, 0.29) is 16.9 Å². The number of allylic oxidation sites excluding steroid dienone is 1. The molecule has 42 heavy (non-hydrogen) atoms. The van der Waals surface area contributed by atoms with E-state index in [9.17, 15) is 5.11 Å². The molecule has 0 bridgehead atoms. The Balaban J connectivity index is 1.20. The van der Waals surface area contributed by atoms with Crippen molar-refractivity contribution in [2.24, 2.45) is 44.7 Å². The van der Waals surface area contributed by atoms with Gasteiger partial charge in [-0.2, -0.15) is 5.10 Å². The Morgan fingerprint density at radius 2 is 1.76 bits per heavy atom. The molecule has 7 atom stereocenters. The third kappa shape index (κ3) is 4.67. The van der Waals surface area contributed by atoms with E-state index in [0.29, 0.717) is 5.92 Å². The SMILES string of the molecule is C/C(=N\N=c1/scc(-c2ccc(Cl)cc2)n1-c1ccccc1)[C@H]1CC[C@H]2[C@@H]3CC=C4C[C@@H](O)CC[C@]4(C)[C@H]3CC[C@]12C. The van der Waals surface area contributed by atoms with Gasteiger partial charge in [0, 0.05) is 27.7 Å². The third-order valence-electron chi connectivity index (χ3n) is 11.7. The maximum atomic E-state index is 10.4. The molecule has 0 unspecified atom stereocenters. The second kappa shape index (κ2) is 10.9. The molecule has 1 aromatic heterocycles. The lowest BCUT2D eigenvalue weighted by Crippen LogP contribution is -2.50. The number of halogens is 1. The highest BCUT2D eigenvalue weighted by molar-refractivity contribution is 7.07. The summed E-state index contributed by atoms with van der Waals surface area (Å²) in [7, 11) is 0. The fourth-order valence-electron chi connectivity index (χ4n) is 9.55. The summed E-state index contributed by atoms with van der Waals surface area (Å²) in [5.74, 6) is 2.72. The molecule has 0 aliphatic heterocycles. The minimum absolute atomic E-state index is 0.139. The summed E-state index contributed by atoms with van der Waals surface area (Å²) in [5.41, 5.74) is 6.57. The van der Waals surface area contributed by atoms with Gasteiger partial charge in [-0.3, -0.25) is 4.57 Å². The molecule has 2 aromatic carbocycles. The highest BCUT2D eigenvalue weighted by atomic mass is 35.5. The molecule has 3 saturated carbocycles. The minimum atomic E-state index is -0.139. The molecule has 3 fully saturated rings. The summed E-state index contributed by atoms with van der Waals surface area (Å²) < 4.78 is 2.21. The molecule has 4 aliphatic carbocycles. The summed E-state index contributed by atoms with van der Waals surface area (Å²) in [6.45, 7) is 7.30. The van der Waals surface area contributed by atoms with Gasteiger partial charge >= 0.3 is 0 Å². The Morgan fingerprint density at radius 1 is 0.976 bits per heavy atom. The van der Waals surface area contributed by atoms with E-state index < -0.39 is 0 Å². The van der Waals surface area contributed by atoms with Gasteiger partial charge in [-0.25, -0.2) is 0 Å². The van der Waals surface area contributed by atoms with Crippen molar-refractivity contribution >= 4 is 28.6 Å². The van der Waals surface area contributed by atoms with Gasteiger partial charge in [-0.1, -0.05) is 67.4 Å². The van der Waals surface area contributed by atoms with E-state index in [0.717, 1.165) is 63.8 Å². The van der Waals surface area contributed by atoms with Crippen LogP contribution in [0.5, 0.6) is 0 Å². The zero-order chi connectivity index (χ0) is 29.1. The number of nitrogens with zero attached hydrogens (tertiary/aromatic N) is 3. The molecule has 1 N–H and O–H groups in total. The van der Waals surface area contributed by atoms with E-state index in [4.69, 9.17) is 21.8 Å². The summed E-state index contributed by atoms with van der Waals surface area (Å²) in [4.78, 5) is 0.881. The molecule has 0 saturated heterocycles. The zero-order valence-corrected chi connectivity index (χ0v) is 26.5. The summed E-state index contributed by atoms with van der Waals surface area (Å²) in [6.07, 6.45) is 11.7. The van der Waals surface area contributed by atoms with Crippen LogP contribution in [0.25, 0.3) is 16.9 Å². The van der Waals surface area contributed by atoms with Crippen LogP contribution in [0.15, 0.2) is 81.8 Å². The average Bonchev–Trinajstić information content (AvgIpc) is 3.58. The number of aromatic nitrogens is 1. The van der Waals surface area contributed by atoms with E-state index in [1.54, 1.807) is 16.9 Å². The standard InChI is InChI=1S/C36H42ClN3OS/c1-23(38-39-34-40(27-7-5-4-6-8-27)33(22-42-34)24-9-12-26(37)13-10-24)30-15-16-31-29-14-11-25-21-28(41)17-19-35(25,2)32(29)18-20-36(30,31)3/h4-13,22,28-32,41H,14-21H2,1-3H3/b38-23+,39-34-/t28-,29-,30+,31-,32-,35-,36+/m0/s1. The number of hydrogen-bond acceptors (Lipinski definition) is 4. The quantitative estimate of drug-likeness (QED) is 0.181. The van der Waals surface area contributed by atoms with E-state index in [2.05, 4.69) is 73.2 Å². The molecular weight excluding hydrogens is 558 g/mol. The fourth-order valence-corrected chi connectivity index (χ4v) is 10.5. The molecule has 1 heterocycles. The second-order valence-corrected chi connectivity index (χ2v) is 15.0. The molecule has 0 amide bonds. The van der Waals surface area contributed by atoms with E-state index >= 15 is 0 Å². The predicted octanol–water partition coefficient (Wildman–Crippen LogP) is 9.08. The van der Waals surface area contributed by atoms with Crippen molar-refractivity contribution in [2.45, 2.75) is 78.2 Å². The number of aliphatic hydroxyl groups is 1. The first-order valence-electron chi connectivity index (χ1n) is 15.8. The highest BCUT2D eigenvalue weighted by Gasteiger charge is 2.59. The first-order chi connectivity index (χ1) is 20.3. The molecule has 0 spiro atoms. The number of benzene rings is 2. The van der Waals surface area contributed by atoms with E-state index in [1.807, 2.05) is 18.2 Å². The van der Waals surface area contributed by atoms with Crippen LogP contribution in [0.1, 0.15) is 72.1 Å². The predicted molar refractivity (Wildman–Crippen MR) is 174 cm³/mol. The van der Waals surface area contributed by atoms with Crippen molar-refractivity contribution in [3.8, 4) is 16.9 Å². The molecule has 7 rings (SSSR count). The fraction of sp³-hybridized carbons (Fsp3) is 0.500. The number of hydrogen-bond donors (Lipinski definition) is 1. The van der Waals surface area contributed by atoms with Gasteiger partial charge in [0.15, 0.2) is 0 Å². The van der Waals surface area contributed by atoms with Gasteiger partial charge in [0.05, 0.1) is 11.8 Å². The smallest absolute Gasteiger partial charge is 0.215 e. The van der Waals surface area contributed by atoms with Gasteiger partial charge < -0.3 is 5.11 Å². The lowest BCUT2D eigenvalue weighted by Gasteiger charge is -2.58. The van der Waals surface area contributed by atoms with Crippen molar-refractivity contribution < 1.29 is 5.11 Å². The van der Waals surface area contributed by atoms with E-state index in [1.165, 1.54) is 37.8 Å². The lowest BCUT2D eigenvalue weighted by molar-refractivity contribution is -0.0423. The lowest BCUT2D eigenvalue weighted by atomic mass is 9.47. The second-order valence-electron chi connectivity index (χ2n) is 13.8. The largest absolute Gasteiger partial charge is 0.393 e. The van der Waals surface area contributed by atoms with Crippen LogP contribution >= 0.6 is 22.9 Å². The molecule has 220 valence electrons. The first kappa shape index (κ1) is 28.3. The van der Waals surface area contributed by atoms with Gasteiger partial charge in [0.2, 0.25) is 4.80 Å². The molecule has 3 aromatic rings. The third-order valence-corrected chi connectivity index (χ3v) is 12.8. The number of fused-ring (bicyclic) bond motifs is 5. The van der Waals surface area contributed by atoms with Crippen molar-refractivity contribution in [3.05, 3.63) is 81.5 Å². The number of para-hydroxylation sites is 1. The van der Waals surface area contributed by atoms with Gasteiger partial charge in [-0.05, 0) is 117 Å². The highest BCUT2D eigenvalue weighted by Crippen LogP contribution is 2.66. The molecular formula is C36H42ClN3OS. The van der Waals surface area contributed by atoms with Gasteiger partial charge in [0.1, 0.15) is 0 Å². The normalized spacial score (nSPS) is 34.9. The van der Waals surface area contributed by atoms with Gasteiger partial charge in [0.25, 0.3) is 0 Å². The Hall–Kier alpha value is -2.47. The summed E-state index contributed by atoms with van der Waals surface area (Å²) in [6, 6.07) is 18.4. The van der Waals surface area contributed by atoms with Crippen LogP contribution in [-0.2, 0) is 0 Å². The Labute approximate surface area is 258 Å². The monoisotopic (exact) mass is 599 g/mol. The van der Waals surface area contributed by atoms with Crippen molar-refractivity contribution in [1.82, 2.24) is 4.57 Å². The average molecular weight is 600 g/mol. The molecule has 0 radical (unpaired) electrons. The maximum Gasteiger partial charge on any atom is 0.215 e. The van der Waals surface area contributed by atoms with Crippen LogP contribution in [0.4, 0.5) is 0 Å². The number of aliphatic hydroxyl groups excluding tert-OH is 1. The topological polar surface area (TPSA) is 49.9 Å². The zero-order valence-electron chi connectivity index (χ0n) is 25.0. The van der Waals surface area contributed by atoms with Crippen molar-refractivity contribution in [3.63, 3.8) is 0 Å². The number of thiazole rings is 1. The molecule has 4 aliphatic rings. The maximum absolute atomic E-state index is 10.4. The van der Waals surface area contributed by atoms with Crippen LogP contribution in [0, 0.1) is 34.5 Å². The first-order valence-corrected chi connectivity index (χ1v) is 17.0. The summed E-state index contributed by atoms with van der Waals surface area (Å²) in [5, 5.41) is 23.2. The Kier molecular flexibility index (Phi) is 7.35. The Bertz CT molecular complexity index is 1590. The van der Waals surface area contributed by atoms with Crippen molar-refractivity contribution in [1.29, 1.82) is 0 Å². The van der Waals surface area contributed by atoms with Crippen LogP contribution in [0.2, 0.25) is 5.02 Å². The molecule has 6 heteroatoms. The molecule has 4 nitrogen and oxygen atoms in total.